The Bertz CT molecular complexity index is 1240. The molecule has 4 heterocycles. The van der Waals surface area contributed by atoms with Crippen LogP contribution in [-0.2, 0) is 14.2 Å². The van der Waals surface area contributed by atoms with Crippen LogP contribution >= 0.6 is 0 Å². The first-order chi connectivity index (χ1) is 17.0. The van der Waals surface area contributed by atoms with E-state index in [4.69, 9.17) is 14.2 Å². The predicted octanol–water partition coefficient (Wildman–Crippen LogP) is -2.08. The van der Waals surface area contributed by atoms with Crippen LogP contribution < -0.4 is 0 Å². The van der Waals surface area contributed by atoms with Crippen molar-refractivity contribution < 1.29 is 54.8 Å². The van der Waals surface area contributed by atoms with Crippen LogP contribution in [0.4, 0.5) is 0 Å². The molecule has 0 unspecified atom stereocenters. The Morgan fingerprint density at radius 2 is 1.89 bits per heavy atom. The third kappa shape index (κ3) is 1.73. The second-order valence-electron chi connectivity index (χ2n) is 12.8. The van der Waals surface area contributed by atoms with Crippen molar-refractivity contribution in [2.75, 3.05) is 6.61 Å². The Morgan fingerprint density at radius 1 is 1.22 bits per heavy atom. The number of carbonyl (C=O) groups excluding carboxylic acids is 1. The first-order valence-electron chi connectivity index (χ1n) is 12.6. The molecular weight excluding hydrogens is 490 g/mol. The summed E-state index contributed by atoms with van der Waals surface area (Å²) in [6, 6.07) is 3.00. The van der Waals surface area contributed by atoms with Gasteiger partial charge in [-0.25, -0.2) is 4.79 Å². The zero-order valence-corrected chi connectivity index (χ0v) is 20.9. The molecule has 7 fully saturated rings. The van der Waals surface area contributed by atoms with Gasteiger partial charge in [-0.15, -0.1) is 0 Å². The third-order valence-electron chi connectivity index (χ3n) is 11.8. The summed E-state index contributed by atoms with van der Waals surface area (Å²) in [5, 5.41) is 84.7. The van der Waals surface area contributed by atoms with E-state index in [0.717, 1.165) is 0 Å². The van der Waals surface area contributed by atoms with Crippen LogP contribution in [0.25, 0.3) is 0 Å². The third-order valence-corrected chi connectivity index (χ3v) is 11.8. The molecule has 204 valence electrons. The predicted molar refractivity (Wildman–Crippen MR) is 120 cm³/mol. The highest BCUT2D eigenvalue weighted by atomic mass is 16.7. The fourth-order valence-electron chi connectivity index (χ4n) is 9.97. The maximum atomic E-state index is 13.2. The molecule has 4 saturated carbocycles. The van der Waals surface area contributed by atoms with Crippen LogP contribution in [0.15, 0.2) is 18.3 Å². The van der Waals surface area contributed by atoms with Crippen LogP contribution in [0.5, 0.6) is 0 Å². The highest BCUT2D eigenvalue weighted by Gasteiger charge is 3.11. The van der Waals surface area contributed by atoms with Crippen LogP contribution in [-0.4, -0.2) is 111 Å². The monoisotopic (exact) mass is 523 g/mol. The lowest BCUT2D eigenvalue weighted by atomic mass is 9.52. The quantitative estimate of drug-likeness (QED) is 0.159. The van der Waals surface area contributed by atoms with E-state index in [1.165, 1.54) is 26.1 Å². The fraction of sp³-hybridized carbons (Fsp3) is 0.800. The van der Waals surface area contributed by atoms with E-state index in [9.17, 15) is 40.5 Å². The molecular formula is C25H33NO11. The van der Waals surface area contributed by atoms with Gasteiger partial charge in [-0.2, -0.15) is 0 Å². The molecule has 0 amide bonds. The normalized spacial score (nSPS) is 62.1. The Morgan fingerprint density at radius 3 is 2.46 bits per heavy atom. The van der Waals surface area contributed by atoms with Gasteiger partial charge in [0.15, 0.2) is 17.5 Å². The van der Waals surface area contributed by atoms with Crippen LogP contribution in [0.3, 0.4) is 0 Å². The second-order valence-corrected chi connectivity index (χ2v) is 12.8. The van der Waals surface area contributed by atoms with Gasteiger partial charge in [0.05, 0.1) is 18.1 Å². The van der Waals surface area contributed by atoms with E-state index in [1.807, 2.05) is 0 Å². The first-order valence-corrected chi connectivity index (χ1v) is 12.6. The molecule has 8 N–H and O–H groups in total. The number of aliphatic hydroxyl groups excluding tert-OH is 2. The van der Waals surface area contributed by atoms with Crippen molar-refractivity contribution in [3.8, 4) is 0 Å². The Kier molecular flexibility index (Phi) is 3.92. The highest BCUT2D eigenvalue weighted by Crippen LogP contribution is 2.91. The van der Waals surface area contributed by atoms with E-state index >= 15 is 0 Å². The number of carbonyl (C=O) groups is 1. The minimum absolute atomic E-state index is 0.0223. The largest absolute Gasteiger partial charge is 0.451 e. The topological polar surface area (TPSA) is 205 Å². The first kappa shape index (κ1) is 24.4. The molecule has 1 aromatic rings. The van der Waals surface area contributed by atoms with Gasteiger partial charge < -0.3 is 54.9 Å². The van der Waals surface area contributed by atoms with Crippen LogP contribution in [0.1, 0.15) is 51.0 Å². The molecule has 0 radical (unpaired) electrons. The zero-order valence-electron chi connectivity index (χ0n) is 20.9. The summed E-state index contributed by atoms with van der Waals surface area (Å²) in [4.78, 5) is 15.9. The molecule has 3 saturated heterocycles. The lowest BCUT2D eigenvalue weighted by Crippen LogP contribution is -2.77. The lowest BCUT2D eigenvalue weighted by molar-refractivity contribution is -0.387. The van der Waals surface area contributed by atoms with E-state index in [1.54, 1.807) is 19.9 Å². The summed E-state index contributed by atoms with van der Waals surface area (Å²) in [6.07, 6.45) is -3.82. The minimum Gasteiger partial charge on any atom is -0.451 e. The second kappa shape index (κ2) is 5.93. The van der Waals surface area contributed by atoms with E-state index in [2.05, 4.69) is 4.98 Å². The summed E-state index contributed by atoms with van der Waals surface area (Å²) in [5.74, 6) is -4.16. The van der Waals surface area contributed by atoms with Gasteiger partial charge in [0.25, 0.3) is 0 Å². The average Bonchev–Trinajstić information content (AvgIpc) is 3.15. The van der Waals surface area contributed by atoms with E-state index in [-0.39, 0.29) is 12.1 Å². The number of esters is 1. The van der Waals surface area contributed by atoms with Gasteiger partial charge >= 0.3 is 5.97 Å². The summed E-state index contributed by atoms with van der Waals surface area (Å²) >= 11 is 0. The number of hydrogen-bond acceptors (Lipinski definition) is 11. The average molecular weight is 524 g/mol. The van der Waals surface area contributed by atoms with Crippen molar-refractivity contribution in [2.24, 2.45) is 16.7 Å². The van der Waals surface area contributed by atoms with Crippen LogP contribution in [0.2, 0.25) is 0 Å². The number of aliphatic hydroxyl groups is 7. The van der Waals surface area contributed by atoms with E-state index in [0.29, 0.717) is 0 Å². The Hall–Kier alpha value is -1.61. The van der Waals surface area contributed by atoms with Gasteiger partial charge in [-0.1, -0.05) is 20.8 Å². The molecule has 7 aliphatic rings. The van der Waals surface area contributed by atoms with Gasteiger partial charge in [-0.05, 0) is 25.0 Å². The van der Waals surface area contributed by atoms with Crippen molar-refractivity contribution >= 4 is 5.97 Å². The molecule has 8 rings (SSSR count). The number of hydrogen-bond donors (Lipinski definition) is 8. The van der Waals surface area contributed by atoms with Crippen molar-refractivity contribution in [3.05, 3.63) is 24.0 Å². The lowest BCUT2D eigenvalue weighted by Gasteiger charge is -2.59. The standard InChI is InChI=1S/C25H33NO11/c1-11(2)22(32)16(35-14(28)12-6-5-7-26-12)23(33)17(3)9-21(31)18(22,4)25(23,34)24(37-21)15(29)19(10-27)13(36-19)8-20(17,24)30/h5-7,11,13,15-16,26-27,29-34H,8-10H2,1-4H3/t13-,15+,16-,17+,18+,19-,20+,21+,22-,23+,24-,25-/m1/s1. The summed E-state index contributed by atoms with van der Waals surface area (Å²) in [7, 11) is 0. The van der Waals surface area contributed by atoms with Gasteiger partial charge in [0.1, 0.15) is 39.8 Å². The number of rotatable bonds is 4. The van der Waals surface area contributed by atoms with Crippen LogP contribution in [0, 0.1) is 16.7 Å². The number of aromatic amines is 1. The molecule has 12 heteroatoms. The molecule has 37 heavy (non-hydrogen) atoms. The maximum Gasteiger partial charge on any atom is 0.355 e. The summed E-state index contributed by atoms with van der Waals surface area (Å²) in [6.45, 7) is 5.23. The Labute approximate surface area is 211 Å². The summed E-state index contributed by atoms with van der Waals surface area (Å²) in [5.41, 5.74) is -18.1. The smallest absolute Gasteiger partial charge is 0.355 e. The molecule has 4 aliphatic carbocycles. The molecule has 0 aromatic carbocycles. The van der Waals surface area contributed by atoms with Gasteiger partial charge in [-0.3, -0.25) is 0 Å². The highest BCUT2D eigenvalue weighted by molar-refractivity contribution is 5.87. The number of epoxide rings is 1. The fourth-order valence-corrected chi connectivity index (χ4v) is 9.97. The van der Waals surface area contributed by atoms with Gasteiger partial charge in [0, 0.05) is 24.5 Å². The molecule has 6 bridgehead atoms. The molecule has 12 atom stereocenters. The van der Waals surface area contributed by atoms with Crippen molar-refractivity contribution in [1.82, 2.24) is 4.98 Å². The number of nitrogens with one attached hydrogen (secondary N) is 1. The Balaban J connectivity index is 1.55. The minimum atomic E-state index is -2.78. The van der Waals surface area contributed by atoms with Crippen molar-refractivity contribution in [3.63, 3.8) is 0 Å². The number of fused-ring (bicyclic) bond motifs is 1. The van der Waals surface area contributed by atoms with E-state index < -0.39 is 93.5 Å². The van der Waals surface area contributed by atoms with Crippen molar-refractivity contribution in [2.45, 2.75) is 98.2 Å². The number of ether oxygens (including phenoxy) is 3. The molecule has 1 aromatic heterocycles. The number of aromatic nitrogens is 1. The maximum absolute atomic E-state index is 13.2. The molecule has 1 spiro atoms. The molecule has 12 nitrogen and oxygen atoms in total. The van der Waals surface area contributed by atoms with Gasteiger partial charge in [0.2, 0.25) is 0 Å². The number of H-pyrrole nitrogens is 1. The van der Waals surface area contributed by atoms with Crippen molar-refractivity contribution in [1.29, 1.82) is 0 Å². The zero-order chi connectivity index (χ0) is 27.0. The SMILES string of the molecule is CC(C)[C@@]1(O)[C@@H](OC(=O)c2ccc[nH]2)[C@]2(O)[C@@]3(C)C[C@]4(O)O[C@@]5([C@@H](O)[C@]6(CO)O[C@@H]6C[C@]35O)[C@@]2(O)[C@]14C. The summed E-state index contributed by atoms with van der Waals surface area (Å²) < 4.78 is 17.7. The molecule has 3 aliphatic heterocycles.